The van der Waals surface area contributed by atoms with E-state index in [1.807, 2.05) is 5.43 Å². The van der Waals surface area contributed by atoms with E-state index in [0.29, 0.717) is 16.8 Å². The van der Waals surface area contributed by atoms with Gasteiger partial charge in [0, 0.05) is 17.2 Å². The van der Waals surface area contributed by atoms with E-state index in [4.69, 9.17) is 21.4 Å². The first-order chi connectivity index (χ1) is 10.3. The minimum absolute atomic E-state index is 0.490. The highest BCUT2D eigenvalue weighted by Crippen LogP contribution is 2.22. The number of ether oxygens (including phenoxy) is 1. The van der Waals surface area contributed by atoms with Crippen LogP contribution in [-0.2, 0) is 14.4 Å². The lowest BCUT2D eigenvalue weighted by Crippen LogP contribution is -2.46. The van der Waals surface area contributed by atoms with Crippen LogP contribution in [0.5, 0.6) is 5.75 Å². The summed E-state index contributed by atoms with van der Waals surface area (Å²) in [6.07, 6.45) is 0.555. The van der Waals surface area contributed by atoms with Crippen LogP contribution < -0.4 is 15.6 Å². The fraction of sp³-hybridized carbons (Fsp3) is 0.214. The highest BCUT2D eigenvalue weighted by molar-refractivity contribution is 6.30. The number of amides is 2. The molecule has 0 radical (unpaired) electrons. The van der Waals surface area contributed by atoms with Gasteiger partial charge in [0.25, 0.3) is 11.8 Å². The molecule has 1 rings (SSSR count). The van der Waals surface area contributed by atoms with Gasteiger partial charge in [0.05, 0.1) is 0 Å². The van der Waals surface area contributed by atoms with Gasteiger partial charge in [-0.1, -0.05) is 11.6 Å². The Bertz CT molecular complexity index is 615. The maximum absolute atomic E-state index is 11.8. The van der Waals surface area contributed by atoms with Crippen molar-refractivity contribution in [3.8, 4) is 5.75 Å². The molecule has 0 saturated carbocycles. The molecule has 0 spiro atoms. The molecule has 0 bridgehead atoms. The molecule has 7 nitrogen and oxygen atoms in total. The van der Waals surface area contributed by atoms with E-state index in [1.165, 1.54) is 6.92 Å². The average Bonchev–Trinajstić information content (AvgIpc) is 2.45. The molecule has 22 heavy (non-hydrogen) atoms. The number of hydrogen-bond acceptors (Lipinski definition) is 4. The molecule has 0 saturated heterocycles. The maximum Gasteiger partial charge on any atom is 0.328 e. The Morgan fingerprint density at radius 1 is 1.27 bits per heavy atom. The van der Waals surface area contributed by atoms with Crippen molar-refractivity contribution in [3.05, 3.63) is 40.9 Å². The number of nitrogens with one attached hydrogen (secondary N) is 2. The predicted octanol–water partition coefficient (Wildman–Crippen LogP) is 1.20. The molecule has 0 aromatic heterocycles. The lowest BCUT2D eigenvalue weighted by molar-refractivity contribution is -0.132. The summed E-state index contributed by atoms with van der Waals surface area (Å²) in [6, 6.07) is 4.96. The van der Waals surface area contributed by atoms with E-state index in [1.54, 1.807) is 25.1 Å². The lowest BCUT2D eigenvalue weighted by atomic mass is 10.2. The van der Waals surface area contributed by atoms with Crippen molar-refractivity contribution in [2.75, 3.05) is 0 Å². The molecule has 0 aliphatic heterocycles. The summed E-state index contributed by atoms with van der Waals surface area (Å²) < 4.78 is 5.46. The van der Waals surface area contributed by atoms with Crippen LogP contribution in [0.1, 0.15) is 12.5 Å². The van der Waals surface area contributed by atoms with Gasteiger partial charge in [-0.15, -0.1) is 0 Å². The molecule has 1 aromatic rings. The van der Waals surface area contributed by atoms with Crippen LogP contribution >= 0.6 is 11.6 Å². The molecule has 0 unspecified atom stereocenters. The molecule has 3 N–H and O–H groups in total. The molecule has 0 heterocycles. The van der Waals surface area contributed by atoms with Crippen molar-refractivity contribution >= 4 is 29.4 Å². The summed E-state index contributed by atoms with van der Waals surface area (Å²) in [5.74, 6) is -2.14. The molecule has 1 aromatic carbocycles. The number of rotatable bonds is 5. The minimum Gasteiger partial charge on any atom is -0.481 e. The number of aliphatic carboxylic acids is 1. The topological polar surface area (TPSA) is 105 Å². The SMILES string of the molecule is Cc1cc(Cl)ccc1O[C@@H](C)C(=O)NNC(=O)/C=C/C(=O)O. The van der Waals surface area contributed by atoms with E-state index in [9.17, 15) is 14.4 Å². The first-order valence-electron chi connectivity index (χ1n) is 6.23. The van der Waals surface area contributed by atoms with Gasteiger partial charge in [0.15, 0.2) is 6.10 Å². The van der Waals surface area contributed by atoms with Crippen LogP contribution in [0.3, 0.4) is 0 Å². The van der Waals surface area contributed by atoms with Crippen LogP contribution in [0, 0.1) is 6.92 Å². The predicted molar refractivity (Wildman–Crippen MR) is 79.3 cm³/mol. The third-order valence-corrected chi connectivity index (χ3v) is 2.73. The molecule has 1 atom stereocenters. The first-order valence-corrected chi connectivity index (χ1v) is 6.61. The van der Waals surface area contributed by atoms with Gasteiger partial charge in [0.1, 0.15) is 5.75 Å². The minimum atomic E-state index is -1.27. The molecule has 2 amide bonds. The summed E-state index contributed by atoms with van der Waals surface area (Å²) in [7, 11) is 0. The molecule has 0 aliphatic carbocycles. The quantitative estimate of drug-likeness (QED) is 0.557. The first kappa shape index (κ1) is 17.5. The fourth-order valence-corrected chi connectivity index (χ4v) is 1.63. The monoisotopic (exact) mass is 326 g/mol. The highest BCUT2D eigenvalue weighted by Gasteiger charge is 2.16. The summed E-state index contributed by atoms with van der Waals surface area (Å²) in [6.45, 7) is 3.28. The molecule has 0 fully saturated rings. The van der Waals surface area contributed by atoms with Crippen molar-refractivity contribution in [1.29, 1.82) is 0 Å². The Hall–Kier alpha value is -2.54. The number of carbonyl (C=O) groups is 3. The number of hydrogen-bond donors (Lipinski definition) is 3. The Kier molecular flexibility index (Phi) is 6.40. The fourth-order valence-electron chi connectivity index (χ4n) is 1.40. The Morgan fingerprint density at radius 2 is 1.95 bits per heavy atom. The van der Waals surface area contributed by atoms with Crippen molar-refractivity contribution in [2.45, 2.75) is 20.0 Å². The molecular weight excluding hydrogens is 312 g/mol. The van der Waals surface area contributed by atoms with Gasteiger partial charge in [-0.2, -0.15) is 0 Å². The van der Waals surface area contributed by atoms with E-state index in [0.717, 1.165) is 11.6 Å². The standard InChI is InChI=1S/C14H15ClN2O5/c1-8-7-10(15)3-4-11(8)22-9(2)14(21)17-16-12(18)5-6-13(19)20/h3-7,9H,1-2H3,(H,16,18)(H,17,21)(H,19,20)/b6-5+/t9-/m0/s1. The van der Waals surface area contributed by atoms with Crippen LogP contribution in [-0.4, -0.2) is 29.0 Å². The second-order valence-electron chi connectivity index (χ2n) is 4.32. The molecular formula is C14H15ClN2O5. The maximum atomic E-state index is 11.8. The number of halogens is 1. The van der Waals surface area contributed by atoms with Gasteiger partial charge in [0.2, 0.25) is 0 Å². The summed E-state index contributed by atoms with van der Waals surface area (Å²) >= 11 is 5.82. The Balaban J connectivity index is 2.51. The smallest absolute Gasteiger partial charge is 0.328 e. The Morgan fingerprint density at radius 3 is 2.55 bits per heavy atom. The number of benzene rings is 1. The zero-order chi connectivity index (χ0) is 16.7. The second-order valence-corrected chi connectivity index (χ2v) is 4.76. The average molecular weight is 327 g/mol. The largest absolute Gasteiger partial charge is 0.481 e. The van der Waals surface area contributed by atoms with Crippen LogP contribution in [0.15, 0.2) is 30.4 Å². The normalized spacial score (nSPS) is 11.8. The zero-order valence-electron chi connectivity index (χ0n) is 11.9. The number of carboxylic acid groups (broad SMARTS) is 1. The Labute approximate surface area is 131 Å². The van der Waals surface area contributed by atoms with Gasteiger partial charge >= 0.3 is 5.97 Å². The third kappa shape index (κ3) is 5.84. The van der Waals surface area contributed by atoms with Gasteiger partial charge < -0.3 is 9.84 Å². The van der Waals surface area contributed by atoms with Gasteiger partial charge in [-0.3, -0.25) is 20.4 Å². The molecule has 118 valence electrons. The van der Waals surface area contributed by atoms with Gasteiger partial charge in [-0.25, -0.2) is 4.79 Å². The van der Waals surface area contributed by atoms with Crippen LogP contribution in [0.2, 0.25) is 5.02 Å². The molecule has 0 aliphatic rings. The van der Waals surface area contributed by atoms with Crippen molar-refractivity contribution in [2.24, 2.45) is 0 Å². The van der Waals surface area contributed by atoms with Crippen LogP contribution in [0.4, 0.5) is 0 Å². The lowest BCUT2D eigenvalue weighted by Gasteiger charge is -2.16. The third-order valence-electron chi connectivity index (χ3n) is 2.50. The number of carboxylic acids is 1. The van der Waals surface area contributed by atoms with Crippen molar-refractivity contribution in [1.82, 2.24) is 10.9 Å². The van der Waals surface area contributed by atoms with E-state index in [-0.39, 0.29) is 0 Å². The summed E-state index contributed by atoms with van der Waals surface area (Å²) in [4.78, 5) is 33.2. The summed E-state index contributed by atoms with van der Waals surface area (Å²) in [5.41, 5.74) is 4.93. The van der Waals surface area contributed by atoms with Crippen molar-refractivity contribution < 1.29 is 24.2 Å². The highest BCUT2D eigenvalue weighted by atomic mass is 35.5. The van der Waals surface area contributed by atoms with Crippen molar-refractivity contribution in [3.63, 3.8) is 0 Å². The van der Waals surface area contributed by atoms with E-state index >= 15 is 0 Å². The number of aryl methyl sites for hydroxylation is 1. The second kappa shape index (κ2) is 8.04. The summed E-state index contributed by atoms with van der Waals surface area (Å²) in [5, 5.41) is 8.91. The zero-order valence-corrected chi connectivity index (χ0v) is 12.7. The number of carbonyl (C=O) groups excluding carboxylic acids is 2. The van der Waals surface area contributed by atoms with Gasteiger partial charge in [-0.05, 0) is 37.6 Å². The number of hydrazine groups is 1. The molecule has 8 heteroatoms. The van der Waals surface area contributed by atoms with E-state index in [2.05, 4.69) is 5.43 Å². The van der Waals surface area contributed by atoms with E-state index < -0.39 is 23.9 Å². The van der Waals surface area contributed by atoms with Crippen LogP contribution in [0.25, 0.3) is 0 Å².